The highest BCUT2D eigenvalue weighted by molar-refractivity contribution is 6.02. The number of carbonyl (C=O) groups is 2. The Balaban J connectivity index is 1.80. The molecule has 0 N–H and O–H groups in total. The third-order valence-electron chi connectivity index (χ3n) is 5.30. The predicted octanol–water partition coefficient (Wildman–Crippen LogP) is 4.91. The van der Waals surface area contributed by atoms with Crippen LogP contribution in [-0.4, -0.2) is 23.4 Å². The van der Waals surface area contributed by atoms with E-state index in [9.17, 15) is 9.59 Å². The lowest BCUT2D eigenvalue weighted by Crippen LogP contribution is -2.42. The second-order valence-corrected chi connectivity index (χ2v) is 8.88. The summed E-state index contributed by atoms with van der Waals surface area (Å²) >= 11 is 0. The quantitative estimate of drug-likeness (QED) is 0.473. The maximum absolute atomic E-state index is 13.1. The zero-order valence-electron chi connectivity index (χ0n) is 18.5. The van der Waals surface area contributed by atoms with Crippen molar-refractivity contribution < 1.29 is 19.1 Å². The minimum absolute atomic E-state index is 0.196. The molecule has 5 nitrogen and oxygen atoms in total. The SMILES string of the molecule is CC(/C=C/C(=O)OCc1ccccc1)C1(Cc2ccccc2)N=C(C(C)(C)C)OC1=O. The lowest BCUT2D eigenvalue weighted by Gasteiger charge is -2.27. The van der Waals surface area contributed by atoms with Crippen molar-refractivity contribution in [2.45, 2.75) is 46.3 Å². The topological polar surface area (TPSA) is 65.0 Å². The van der Waals surface area contributed by atoms with Crippen molar-refractivity contribution in [1.29, 1.82) is 0 Å². The van der Waals surface area contributed by atoms with Crippen molar-refractivity contribution in [3.05, 3.63) is 83.9 Å². The van der Waals surface area contributed by atoms with Crippen molar-refractivity contribution in [1.82, 2.24) is 0 Å². The number of rotatable bonds is 7. The Labute approximate surface area is 183 Å². The van der Waals surface area contributed by atoms with Crippen molar-refractivity contribution in [3.63, 3.8) is 0 Å². The first-order valence-corrected chi connectivity index (χ1v) is 10.5. The zero-order chi connectivity index (χ0) is 22.5. The molecule has 0 amide bonds. The van der Waals surface area contributed by atoms with E-state index in [1.165, 1.54) is 6.08 Å². The van der Waals surface area contributed by atoms with Gasteiger partial charge in [-0.1, -0.05) is 94.4 Å². The first kappa shape index (κ1) is 22.5. The van der Waals surface area contributed by atoms with Gasteiger partial charge in [-0.05, 0) is 11.1 Å². The van der Waals surface area contributed by atoms with Crippen molar-refractivity contribution in [2.24, 2.45) is 16.3 Å². The fourth-order valence-corrected chi connectivity index (χ4v) is 3.37. The van der Waals surface area contributed by atoms with E-state index in [0.29, 0.717) is 12.3 Å². The molecule has 5 heteroatoms. The molecule has 31 heavy (non-hydrogen) atoms. The Bertz CT molecular complexity index is 973. The summed E-state index contributed by atoms with van der Waals surface area (Å²) in [7, 11) is 0. The van der Waals surface area contributed by atoms with Gasteiger partial charge in [-0.3, -0.25) is 0 Å². The molecule has 0 spiro atoms. The van der Waals surface area contributed by atoms with Crippen LogP contribution >= 0.6 is 0 Å². The molecule has 0 aliphatic carbocycles. The number of ether oxygens (including phenoxy) is 2. The summed E-state index contributed by atoms with van der Waals surface area (Å²) in [6.07, 6.45) is 3.45. The molecule has 0 fully saturated rings. The monoisotopic (exact) mass is 419 g/mol. The van der Waals surface area contributed by atoms with Crippen LogP contribution in [0, 0.1) is 11.3 Å². The zero-order valence-corrected chi connectivity index (χ0v) is 18.5. The van der Waals surface area contributed by atoms with E-state index >= 15 is 0 Å². The van der Waals surface area contributed by atoms with E-state index in [-0.39, 0.29) is 12.5 Å². The summed E-state index contributed by atoms with van der Waals surface area (Å²) in [5, 5.41) is 0. The second kappa shape index (κ2) is 9.29. The van der Waals surface area contributed by atoms with Gasteiger partial charge < -0.3 is 9.47 Å². The fourth-order valence-electron chi connectivity index (χ4n) is 3.37. The summed E-state index contributed by atoms with van der Waals surface area (Å²) in [4.78, 5) is 30.1. The van der Waals surface area contributed by atoms with Crippen LogP contribution < -0.4 is 0 Å². The van der Waals surface area contributed by atoms with E-state index in [1.807, 2.05) is 88.4 Å². The van der Waals surface area contributed by atoms with Crippen LogP contribution in [0.1, 0.15) is 38.8 Å². The third kappa shape index (κ3) is 5.48. The summed E-state index contributed by atoms with van der Waals surface area (Å²) in [6.45, 7) is 7.94. The van der Waals surface area contributed by atoms with Gasteiger partial charge in [0, 0.05) is 23.8 Å². The van der Waals surface area contributed by atoms with Gasteiger partial charge in [-0.2, -0.15) is 0 Å². The molecule has 3 rings (SSSR count). The second-order valence-electron chi connectivity index (χ2n) is 8.88. The molecule has 0 saturated heterocycles. The number of esters is 2. The van der Waals surface area contributed by atoms with Crippen molar-refractivity contribution in [2.75, 3.05) is 0 Å². The van der Waals surface area contributed by atoms with Gasteiger partial charge in [0.2, 0.25) is 0 Å². The first-order chi connectivity index (χ1) is 14.7. The van der Waals surface area contributed by atoms with Gasteiger partial charge >= 0.3 is 11.9 Å². The summed E-state index contributed by atoms with van der Waals surface area (Å²) < 4.78 is 10.9. The molecule has 0 aromatic heterocycles. The highest BCUT2D eigenvalue weighted by Gasteiger charge is 2.51. The van der Waals surface area contributed by atoms with Gasteiger partial charge in [0.1, 0.15) is 6.61 Å². The molecule has 1 aliphatic rings. The first-order valence-electron chi connectivity index (χ1n) is 10.5. The average Bonchev–Trinajstić information content (AvgIpc) is 3.09. The molecule has 2 unspecified atom stereocenters. The highest BCUT2D eigenvalue weighted by atomic mass is 16.6. The van der Waals surface area contributed by atoms with Crippen LogP contribution in [0.3, 0.4) is 0 Å². The van der Waals surface area contributed by atoms with Gasteiger partial charge in [0.15, 0.2) is 11.4 Å². The lowest BCUT2D eigenvalue weighted by molar-refractivity contribution is -0.141. The van der Waals surface area contributed by atoms with Crippen LogP contribution in [0.25, 0.3) is 0 Å². The van der Waals surface area contributed by atoms with Crippen LogP contribution in [0.5, 0.6) is 0 Å². The lowest BCUT2D eigenvalue weighted by atomic mass is 9.80. The Morgan fingerprint density at radius 3 is 2.19 bits per heavy atom. The van der Waals surface area contributed by atoms with Crippen molar-refractivity contribution in [3.8, 4) is 0 Å². The maximum Gasteiger partial charge on any atom is 0.341 e. The molecule has 0 saturated carbocycles. The molecule has 2 aromatic carbocycles. The largest absolute Gasteiger partial charge is 0.458 e. The fraction of sp³-hybridized carbons (Fsp3) is 0.346. The maximum atomic E-state index is 13.1. The molecule has 1 aliphatic heterocycles. The van der Waals surface area contributed by atoms with Crippen LogP contribution in [0.2, 0.25) is 0 Å². The smallest absolute Gasteiger partial charge is 0.341 e. The summed E-state index contributed by atoms with van der Waals surface area (Å²) in [5.41, 5.74) is 0.369. The summed E-state index contributed by atoms with van der Waals surface area (Å²) in [6, 6.07) is 19.2. The Kier molecular flexibility index (Phi) is 6.74. The van der Waals surface area contributed by atoms with E-state index in [4.69, 9.17) is 14.5 Å². The summed E-state index contributed by atoms with van der Waals surface area (Å²) in [5.74, 6) is -0.808. The molecule has 162 valence electrons. The Hall–Kier alpha value is -3.21. The standard InChI is InChI=1S/C26H29NO4/c1-19(15-16-22(28)30-18-21-13-9-6-10-14-21)26(17-20-11-7-5-8-12-20)24(29)31-23(27-26)25(2,3)4/h5-16,19H,17-18H2,1-4H3/b16-15+. The number of hydrogen-bond donors (Lipinski definition) is 0. The molecule has 2 atom stereocenters. The van der Waals surface area contributed by atoms with Gasteiger partial charge in [-0.25, -0.2) is 14.6 Å². The molecule has 0 radical (unpaired) electrons. The van der Waals surface area contributed by atoms with Gasteiger partial charge in [0.25, 0.3) is 0 Å². The number of nitrogens with zero attached hydrogens (tertiary/aromatic N) is 1. The molecular weight excluding hydrogens is 390 g/mol. The molecule has 1 heterocycles. The van der Waals surface area contributed by atoms with Gasteiger partial charge in [-0.15, -0.1) is 0 Å². The number of cyclic esters (lactones) is 1. The molecular formula is C26H29NO4. The molecule has 2 aromatic rings. The highest BCUT2D eigenvalue weighted by Crippen LogP contribution is 2.37. The van der Waals surface area contributed by atoms with Crippen molar-refractivity contribution >= 4 is 17.8 Å². The Morgan fingerprint density at radius 1 is 1.06 bits per heavy atom. The number of aliphatic imine (C=N–C) groups is 1. The number of hydrogen-bond acceptors (Lipinski definition) is 5. The third-order valence-corrected chi connectivity index (χ3v) is 5.30. The Morgan fingerprint density at radius 2 is 1.65 bits per heavy atom. The van der Waals surface area contributed by atoms with Crippen LogP contribution in [0.15, 0.2) is 77.8 Å². The average molecular weight is 420 g/mol. The van der Waals surface area contributed by atoms with E-state index in [1.54, 1.807) is 6.08 Å². The minimum atomic E-state index is -1.12. The normalized spacial score (nSPS) is 19.7. The van der Waals surface area contributed by atoms with E-state index < -0.39 is 22.9 Å². The number of carbonyl (C=O) groups excluding carboxylic acids is 2. The van der Waals surface area contributed by atoms with E-state index in [0.717, 1.165) is 11.1 Å². The van der Waals surface area contributed by atoms with Crippen LogP contribution in [-0.2, 0) is 32.1 Å². The van der Waals surface area contributed by atoms with Gasteiger partial charge in [0.05, 0.1) is 0 Å². The van der Waals surface area contributed by atoms with E-state index in [2.05, 4.69) is 0 Å². The molecule has 0 bridgehead atoms. The predicted molar refractivity (Wildman–Crippen MR) is 120 cm³/mol. The minimum Gasteiger partial charge on any atom is -0.458 e. The number of benzene rings is 2. The van der Waals surface area contributed by atoms with Crippen LogP contribution in [0.4, 0.5) is 0 Å².